The minimum Gasteiger partial charge on any atom is -0.369 e. The highest BCUT2D eigenvalue weighted by atomic mass is 19.4. The first-order chi connectivity index (χ1) is 19.7. The van der Waals surface area contributed by atoms with Gasteiger partial charge in [0, 0.05) is 30.4 Å². The largest absolute Gasteiger partial charge is 0.417 e. The SMILES string of the molecule is CC#CCN1CCC(c2nc(-c3ccc(C(=O)Nc4cc(C5CC5)ccn4)c(C(F)(F)F)c3)n3c(N)nccc23)C1. The Morgan fingerprint density at radius 1 is 1.10 bits per heavy atom. The second-order valence-corrected chi connectivity index (χ2v) is 10.5. The van der Waals surface area contributed by atoms with Crippen molar-refractivity contribution in [2.24, 2.45) is 0 Å². The molecule has 8 nitrogen and oxygen atoms in total. The molecule has 2 fully saturated rings. The molecule has 6 rings (SSSR count). The minimum absolute atomic E-state index is 0.0604. The summed E-state index contributed by atoms with van der Waals surface area (Å²) in [6, 6.07) is 8.92. The van der Waals surface area contributed by atoms with E-state index in [9.17, 15) is 18.0 Å². The third kappa shape index (κ3) is 5.35. The molecule has 1 saturated heterocycles. The van der Waals surface area contributed by atoms with E-state index in [1.807, 2.05) is 6.07 Å². The number of nitrogens with zero attached hydrogens (tertiary/aromatic N) is 5. The van der Waals surface area contributed by atoms with E-state index in [1.54, 1.807) is 35.9 Å². The average molecular weight is 560 g/mol. The summed E-state index contributed by atoms with van der Waals surface area (Å²) in [7, 11) is 0. The molecular formula is C30H28F3N7O. The summed E-state index contributed by atoms with van der Waals surface area (Å²) in [5.74, 6) is 6.13. The Bertz CT molecular complexity index is 1700. The number of hydrogen-bond acceptors (Lipinski definition) is 6. The number of imidazole rings is 1. The molecule has 1 unspecified atom stereocenters. The lowest BCUT2D eigenvalue weighted by molar-refractivity contribution is -0.137. The van der Waals surface area contributed by atoms with Gasteiger partial charge >= 0.3 is 6.18 Å². The Morgan fingerprint density at radius 3 is 2.66 bits per heavy atom. The number of rotatable bonds is 6. The maximum atomic E-state index is 14.3. The van der Waals surface area contributed by atoms with Crippen LogP contribution < -0.4 is 11.1 Å². The zero-order valence-corrected chi connectivity index (χ0v) is 22.4. The van der Waals surface area contributed by atoms with Crippen LogP contribution in [0.5, 0.6) is 0 Å². The third-order valence-corrected chi connectivity index (χ3v) is 7.65. The smallest absolute Gasteiger partial charge is 0.369 e. The van der Waals surface area contributed by atoms with Gasteiger partial charge in [0.25, 0.3) is 5.91 Å². The normalized spacial score (nSPS) is 17.4. The van der Waals surface area contributed by atoms with Crippen LogP contribution in [0.25, 0.3) is 16.9 Å². The first-order valence-corrected chi connectivity index (χ1v) is 13.5. The third-order valence-electron chi connectivity index (χ3n) is 7.65. The number of carbonyl (C=O) groups is 1. The molecule has 1 aliphatic carbocycles. The fraction of sp³-hybridized carbons (Fsp3) is 0.333. The maximum absolute atomic E-state index is 14.3. The zero-order chi connectivity index (χ0) is 28.7. The molecule has 4 heterocycles. The van der Waals surface area contributed by atoms with E-state index >= 15 is 0 Å². The van der Waals surface area contributed by atoms with Crippen LogP contribution in [-0.2, 0) is 6.18 Å². The van der Waals surface area contributed by atoms with E-state index in [4.69, 9.17) is 10.7 Å². The summed E-state index contributed by atoms with van der Waals surface area (Å²) in [5.41, 5.74) is 7.27. The molecule has 0 bridgehead atoms. The van der Waals surface area contributed by atoms with Crippen LogP contribution in [0.15, 0.2) is 48.8 Å². The number of halogens is 3. The molecule has 210 valence electrons. The molecule has 1 aromatic carbocycles. The van der Waals surface area contributed by atoms with Crippen LogP contribution in [0.1, 0.15) is 65.2 Å². The van der Waals surface area contributed by atoms with Crippen LogP contribution in [0.4, 0.5) is 24.9 Å². The van der Waals surface area contributed by atoms with E-state index in [2.05, 4.69) is 32.0 Å². The van der Waals surface area contributed by atoms with Crippen molar-refractivity contribution in [3.8, 4) is 23.2 Å². The Labute approximate surface area is 234 Å². The molecule has 1 atom stereocenters. The van der Waals surface area contributed by atoms with Gasteiger partial charge in [-0.05, 0) is 74.5 Å². The minimum atomic E-state index is -4.79. The molecule has 1 aliphatic heterocycles. The summed E-state index contributed by atoms with van der Waals surface area (Å²) in [4.78, 5) is 28.4. The number of carbonyl (C=O) groups excluding carboxylic acids is 1. The van der Waals surface area contributed by atoms with E-state index in [1.165, 1.54) is 12.1 Å². The molecule has 2 aliphatic rings. The number of aromatic nitrogens is 4. The van der Waals surface area contributed by atoms with Crippen LogP contribution in [0.3, 0.4) is 0 Å². The van der Waals surface area contributed by atoms with Crippen molar-refractivity contribution in [3.63, 3.8) is 0 Å². The number of hydrogen-bond donors (Lipinski definition) is 2. The highest BCUT2D eigenvalue weighted by Gasteiger charge is 2.37. The Kier molecular flexibility index (Phi) is 6.87. The van der Waals surface area contributed by atoms with Crippen molar-refractivity contribution in [1.82, 2.24) is 24.3 Å². The zero-order valence-electron chi connectivity index (χ0n) is 22.4. The average Bonchev–Trinajstić information content (AvgIpc) is 3.58. The lowest BCUT2D eigenvalue weighted by atomic mass is 10.0. The van der Waals surface area contributed by atoms with Gasteiger partial charge in [-0.3, -0.25) is 14.1 Å². The highest BCUT2D eigenvalue weighted by Crippen LogP contribution is 2.41. The van der Waals surface area contributed by atoms with Crippen LogP contribution in [0.2, 0.25) is 0 Å². The monoisotopic (exact) mass is 559 g/mol. The standard InChI is InChI=1S/C30H28F3N7O/c1-2-3-13-39-14-10-21(17-39)26-24-9-12-36-29(34)40(24)27(38-26)20-6-7-22(23(15-20)30(31,32)33)28(41)37-25-16-19(8-11-35-25)18-4-5-18/h6-9,11-12,15-16,18,21H,4-5,10,13-14,17H2,1H3,(H2,34,36)(H,35,37,41). The molecule has 41 heavy (non-hydrogen) atoms. The number of pyridine rings is 1. The number of fused-ring (bicyclic) bond motifs is 1. The fourth-order valence-corrected chi connectivity index (χ4v) is 5.45. The predicted octanol–water partition coefficient (Wildman–Crippen LogP) is 5.33. The summed E-state index contributed by atoms with van der Waals surface area (Å²) < 4.78 is 44.6. The van der Waals surface area contributed by atoms with E-state index in [-0.39, 0.29) is 29.1 Å². The van der Waals surface area contributed by atoms with Gasteiger partial charge in [0.15, 0.2) is 0 Å². The molecule has 4 aromatic rings. The number of nitrogens with two attached hydrogens (primary N) is 1. The lowest BCUT2D eigenvalue weighted by Crippen LogP contribution is -2.20. The molecular weight excluding hydrogens is 531 g/mol. The summed E-state index contributed by atoms with van der Waals surface area (Å²) in [6.07, 6.45) is 1.26. The van der Waals surface area contributed by atoms with E-state index < -0.39 is 23.2 Å². The second kappa shape index (κ2) is 10.5. The maximum Gasteiger partial charge on any atom is 0.417 e. The van der Waals surface area contributed by atoms with Crippen LogP contribution in [-0.4, -0.2) is 49.8 Å². The second-order valence-electron chi connectivity index (χ2n) is 10.5. The van der Waals surface area contributed by atoms with Gasteiger partial charge in [-0.25, -0.2) is 15.0 Å². The predicted molar refractivity (Wildman–Crippen MR) is 149 cm³/mol. The first-order valence-electron chi connectivity index (χ1n) is 13.5. The Balaban J connectivity index is 1.37. The molecule has 3 aromatic heterocycles. The molecule has 3 N–H and O–H groups in total. The van der Waals surface area contributed by atoms with Crippen LogP contribution in [0, 0.1) is 11.8 Å². The van der Waals surface area contributed by atoms with Crippen molar-refractivity contribution in [1.29, 1.82) is 0 Å². The fourth-order valence-electron chi connectivity index (χ4n) is 5.45. The van der Waals surface area contributed by atoms with Gasteiger partial charge in [-0.1, -0.05) is 12.0 Å². The van der Waals surface area contributed by atoms with Gasteiger partial charge in [0.1, 0.15) is 11.6 Å². The Hall–Kier alpha value is -4.43. The number of alkyl halides is 3. The van der Waals surface area contributed by atoms with E-state index in [0.717, 1.165) is 49.7 Å². The number of benzene rings is 1. The van der Waals surface area contributed by atoms with Crippen LogP contribution >= 0.6 is 0 Å². The molecule has 11 heteroatoms. The van der Waals surface area contributed by atoms with Crippen molar-refractivity contribution in [3.05, 3.63) is 71.2 Å². The summed E-state index contributed by atoms with van der Waals surface area (Å²) in [6.45, 7) is 4.01. The number of amides is 1. The van der Waals surface area contributed by atoms with Gasteiger partial charge < -0.3 is 11.1 Å². The number of nitrogens with one attached hydrogen (secondary N) is 1. The van der Waals surface area contributed by atoms with E-state index in [0.29, 0.717) is 18.0 Å². The Morgan fingerprint density at radius 2 is 1.90 bits per heavy atom. The number of nitrogen functional groups attached to an aromatic ring is 1. The van der Waals surface area contributed by atoms with Crippen molar-refractivity contribution in [2.45, 2.75) is 44.2 Å². The summed E-state index contributed by atoms with van der Waals surface area (Å²) in [5, 5.41) is 2.54. The number of anilines is 2. The van der Waals surface area contributed by atoms with Gasteiger partial charge in [0.05, 0.1) is 28.9 Å². The van der Waals surface area contributed by atoms with Crippen molar-refractivity contribution >= 4 is 23.2 Å². The quantitative estimate of drug-likeness (QED) is 0.310. The molecule has 0 spiro atoms. The van der Waals surface area contributed by atoms with Gasteiger partial charge in [0.2, 0.25) is 5.95 Å². The van der Waals surface area contributed by atoms with Gasteiger partial charge in [-0.2, -0.15) is 13.2 Å². The summed E-state index contributed by atoms with van der Waals surface area (Å²) >= 11 is 0. The molecule has 0 radical (unpaired) electrons. The molecule has 1 saturated carbocycles. The highest BCUT2D eigenvalue weighted by molar-refractivity contribution is 6.05. The lowest BCUT2D eigenvalue weighted by Gasteiger charge is -2.15. The topological polar surface area (TPSA) is 101 Å². The number of likely N-dealkylation sites (tertiary alicyclic amines) is 1. The van der Waals surface area contributed by atoms with Crippen molar-refractivity contribution < 1.29 is 18.0 Å². The van der Waals surface area contributed by atoms with Gasteiger partial charge in [-0.15, -0.1) is 5.92 Å². The van der Waals surface area contributed by atoms with Crippen molar-refractivity contribution in [2.75, 3.05) is 30.7 Å². The first kappa shape index (κ1) is 26.8. The molecule has 1 amide bonds.